The Kier molecular flexibility index (Phi) is 4.57. The fourth-order valence-corrected chi connectivity index (χ4v) is 5.28. The number of hydrogen-bond donors (Lipinski definition) is 1. The Labute approximate surface area is 171 Å². The van der Waals surface area contributed by atoms with Crippen molar-refractivity contribution < 1.29 is 8.78 Å². The molecule has 0 unspecified atom stereocenters. The van der Waals surface area contributed by atoms with Crippen LogP contribution < -0.4 is 4.90 Å². The predicted molar refractivity (Wildman–Crippen MR) is 109 cm³/mol. The molecule has 1 aliphatic heterocycles. The van der Waals surface area contributed by atoms with Crippen molar-refractivity contribution in [3.8, 4) is 21.8 Å². The SMILES string of the molecule is CCc1ccc(-c2c3c(nc(N4CC(F)(F)C4)c2-c2nn[nH]n2)CCCCC3)s1. The fraction of sp³-hybridized carbons (Fsp3) is 0.500. The number of rotatable bonds is 4. The van der Waals surface area contributed by atoms with Crippen molar-refractivity contribution in [1.82, 2.24) is 25.6 Å². The lowest BCUT2D eigenvalue weighted by atomic mass is 9.94. The molecule has 0 amide bonds. The number of anilines is 1. The van der Waals surface area contributed by atoms with E-state index < -0.39 is 5.92 Å². The summed E-state index contributed by atoms with van der Waals surface area (Å²) < 4.78 is 27.4. The molecular formula is C20H22F2N6S. The van der Waals surface area contributed by atoms with Gasteiger partial charge >= 0.3 is 0 Å². The molecule has 152 valence electrons. The predicted octanol–water partition coefficient (Wildman–Crippen LogP) is 4.28. The molecule has 29 heavy (non-hydrogen) atoms. The van der Waals surface area contributed by atoms with Gasteiger partial charge in [-0.05, 0) is 55.0 Å². The first-order valence-electron chi connectivity index (χ1n) is 10.1. The van der Waals surface area contributed by atoms with Crippen molar-refractivity contribution in [2.75, 3.05) is 18.0 Å². The minimum atomic E-state index is -2.68. The Bertz CT molecular complexity index is 1020. The highest BCUT2D eigenvalue weighted by molar-refractivity contribution is 7.15. The summed E-state index contributed by atoms with van der Waals surface area (Å²) in [5.41, 5.74) is 4.01. The van der Waals surface area contributed by atoms with Gasteiger partial charge in [-0.2, -0.15) is 5.21 Å². The molecule has 1 fully saturated rings. The summed E-state index contributed by atoms with van der Waals surface area (Å²) in [7, 11) is 0. The van der Waals surface area contributed by atoms with E-state index in [9.17, 15) is 8.78 Å². The Balaban J connectivity index is 1.77. The lowest BCUT2D eigenvalue weighted by Gasteiger charge is -2.40. The van der Waals surface area contributed by atoms with Gasteiger partial charge in [0.15, 0.2) is 0 Å². The third kappa shape index (κ3) is 3.31. The Morgan fingerprint density at radius 1 is 1.14 bits per heavy atom. The molecule has 6 nitrogen and oxygen atoms in total. The molecular weight excluding hydrogens is 394 g/mol. The van der Waals surface area contributed by atoms with Gasteiger partial charge in [0.25, 0.3) is 5.92 Å². The largest absolute Gasteiger partial charge is 0.344 e. The summed E-state index contributed by atoms with van der Waals surface area (Å²) >= 11 is 1.74. The van der Waals surface area contributed by atoms with E-state index in [-0.39, 0.29) is 13.1 Å². The highest BCUT2D eigenvalue weighted by Gasteiger charge is 2.46. The zero-order chi connectivity index (χ0) is 20.0. The van der Waals surface area contributed by atoms with Crippen LogP contribution in [-0.2, 0) is 19.3 Å². The number of tetrazole rings is 1. The zero-order valence-electron chi connectivity index (χ0n) is 16.2. The summed E-state index contributed by atoms with van der Waals surface area (Å²) in [5.74, 6) is -1.71. The van der Waals surface area contributed by atoms with E-state index in [1.807, 2.05) is 0 Å². The Hall–Kier alpha value is -2.42. The number of alkyl halides is 2. The van der Waals surface area contributed by atoms with Gasteiger partial charge in [-0.1, -0.05) is 13.3 Å². The van der Waals surface area contributed by atoms with E-state index in [0.717, 1.165) is 60.2 Å². The normalized spacial score (nSPS) is 18.2. The number of nitrogens with zero attached hydrogens (tertiary/aromatic N) is 5. The molecule has 9 heteroatoms. The Morgan fingerprint density at radius 3 is 2.66 bits per heavy atom. The highest BCUT2D eigenvalue weighted by Crippen LogP contribution is 2.46. The molecule has 3 aromatic rings. The quantitative estimate of drug-likeness (QED) is 0.643. The number of hydrogen-bond acceptors (Lipinski definition) is 6. The molecule has 4 heterocycles. The van der Waals surface area contributed by atoms with Gasteiger partial charge in [-0.25, -0.2) is 13.8 Å². The van der Waals surface area contributed by atoms with Crippen LogP contribution in [-0.4, -0.2) is 44.6 Å². The number of aromatic amines is 1. The number of halogens is 2. The highest BCUT2D eigenvalue weighted by atomic mass is 32.1. The summed E-state index contributed by atoms with van der Waals surface area (Å²) in [5, 5.41) is 14.7. The van der Waals surface area contributed by atoms with Crippen LogP contribution in [0.5, 0.6) is 0 Å². The van der Waals surface area contributed by atoms with E-state index in [1.165, 1.54) is 10.4 Å². The number of aromatic nitrogens is 5. The van der Waals surface area contributed by atoms with E-state index in [2.05, 4.69) is 39.7 Å². The smallest absolute Gasteiger partial charge is 0.282 e. The van der Waals surface area contributed by atoms with E-state index in [0.29, 0.717) is 11.6 Å². The number of aryl methyl sites for hydroxylation is 2. The lowest BCUT2D eigenvalue weighted by Crippen LogP contribution is -2.57. The monoisotopic (exact) mass is 416 g/mol. The van der Waals surface area contributed by atoms with Crippen molar-refractivity contribution in [3.63, 3.8) is 0 Å². The second-order valence-corrected chi connectivity index (χ2v) is 8.91. The number of thiophene rings is 1. The van der Waals surface area contributed by atoms with E-state index in [4.69, 9.17) is 4.98 Å². The molecule has 5 rings (SSSR count). The Morgan fingerprint density at radius 2 is 1.97 bits per heavy atom. The summed E-state index contributed by atoms with van der Waals surface area (Å²) in [6.45, 7) is 1.48. The van der Waals surface area contributed by atoms with Crippen LogP contribution >= 0.6 is 11.3 Å². The topological polar surface area (TPSA) is 70.6 Å². The summed E-state index contributed by atoms with van der Waals surface area (Å²) in [6.07, 6.45) is 6.08. The lowest BCUT2D eigenvalue weighted by molar-refractivity contribution is -0.0266. The molecule has 0 spiro atoms. The first-order chi connectivity index (χ1) is 14.1. The molecule has 0 saturated carbocycles. The van der Waals surface area contributed by atoms with Gasteiger partial charge < -0.3 is 4.90 Å². The molecule has 0 atom stereocenters. The van der Waals surface area contributed by atoms with Gasteiger partial charge in [0.1, 0.15) is 5.82 Å². The first kappa shape index (κ1) is 18.6. The van der Waals surface area contributed by atoms with Crippen molar-refractivity contribution in [3.05, 3.63) is 28.3 Å². The maximum absolute atomic E-state index is 13.7. The number of fused-ring (bicyclic) bond motifs is 1. The van der Waals surface area contributed by atoms with Crippen molar-refractivity contribution >= 4 is 17.2 Å². The van der Waals surface area contributed by atoms with Gasteiger partial charge in [0, 0.05) is 21.0 Å². The first-order valence-corrected chi connectivity index (χ1v) is 10.9. The minimum absolute atomic E-state index is 0.326. The third-order valence-electron chi connectivity index (χ3n) is 5.67. The van der Waals surface area contributed by atoms with E-state index in [1.54, 1.807) is 16.2 Å². The van der Waals surface area contributed by atoms with Crippen LogP contribution in [0, 0.1) is 0 Å². The van der Waals surface area contributed by atoms with Crippen LogP contribution in [0.15, 0.2) is 12.1 Å². The van der Waals surface area contributed by atoms with Crippen LogP contribution in [0.3, 0.4) is 0 Å². The number of pyridine rings is 1. The molecule has 2 aliphatic rings. The average Bonchev–Trinajstić information content (AvgIpc) is 3.32. The number of H-pyrrole nitrogens is 1. The van der Waals surface area contributed by atoms with Crippen LogP contribution in [0.4, 0.5) is 14.6 Å². The summed E-state index contributed by atoms with van der Waals surface area (Å²) in [4.78, 5) is 8.96. The molecule has 1 saturated heterocycles. The second-order valence-electron chi connectivity index (χ2n) is 7.74. The van der Waals surface area contributed by atoms with Gasteiger partial charge in [0.2, 0.25) is 5.82 Å². The molecule has 3 aromatic heterocycles. The molecule has 0 bridgehead atoms. The molecule has 0 radical (unpaired) electrons. The zero-order valence-corrected chi connectivity index (χ0v) is 17.0. The van der Waals surface area contributed by atoms with Crippen LogP contribution in [0.2, 0.25) is 0 Å². The average molecular weight is 417 g/mol. The maximum atomic E-state index is 13.7. The number of nitrogens with one attached hydrogen (secondary N) is 1. The van der Waals surface area contributed by atoms with Crippen molar-refractivity contribution in [2.24, 2.45) is 0 Å². The van der Waals surface area contributed by atoms with Crippen LogP contribution in [0.25, 0.3) is 21.8 Å². The molecule has 1 N–H and O–H groups in total. The van der Waals surface area contributed by atoms with Gasteiger partial charge in [0.05, 0.1) is 18.7 Å². The van der Waals surface area contributed by atoms with Gasteiger partial charge in [-0.15, -0.1) is 21.5 Å². The van der Waals surface area contributed by atoms with E-state index >= 15 is 0 Å². The van der Waals surface area contributed by atoms with Crippen LogP contribution in [0.1, 0.15) is 42.3 Å². The summed E-state index contributed by atoms with van der Waals surface area (Å²) in [6, 6.07) is 4.27. The van der Waals surface area contributed by atoms with Crippen molar-refractivity contribution in [2.45, 2.75) is 51.4 Å². The molecule has 1 aliphatic carbocycles. The van der Waals surface area contributed by atoms with Gasteiger partial charge in [-0.3, -0.25) is 0 Å². The fourth-order valence-electron chi connectivity index (χ4n) is 4.25. The minimum Gasteiger partial charge on any atom is -0.344 e. The maximum Gasteiger partial charge on any atom is 0.282 e. The standard InChI is InChI=1S/C20H22F2N6S/c1-2-12-8-9-15(29-12)16-13-6-4-3-5-7-14(13)23-19(28-10-20(21,22)11-28)17(16)18-24-26-27-25-18/h8-9H,2-7,10-11H2,1H3,(H,24,25,26,27). The second kappa shape index (κ2) is 7.12. The third-order valence-corrected chi connectivity index (χ3v) is 6.92. The molecule has 0 aromatic carbocycles. The van der Waals surface area contributed by atoms with Crippen molar-refractivity contribution in [1.29, 1.82) is 0 Å².